The van der Waals surface area contributed by atoms with Gasteiger partial charge in [-0.2, -0.15) is 0 Å². The smallest absolute Gasteiger partial charge is 0.138 e. The largest absolute Gasteiger partial charge is 0.507 e. The molecular formula is C26H20N4O. The van der Waals surface area contributed by atoms with Crippen LogP contribution in [0.5, 0.6) is 5.75 Å². The SMILES string of the molecule is Oc1ccccc1-c1cccc(N(c2ccccc2)c2cccc(-n3ccnc3)c2)n1. The molecule has 150 valence electrons. The zero-order valence-corrected chi connectivity index (χ0v) is 16.7. The number of anilines is 3. The minimum Gasteiger partial charge on any atom is -0.507 e. The molecule has 2 aromatic heterocycles. The molecule has 0 aliphatic heterocycles. The van der Waals surface area contributed by atoms with Crippen molar-refractivity contribution in [2.24, 2.45) is 0 Å². The van der Waals surface area contributed by atoms with Gasteiger partial charge in [-0.05, 0) is 54.6 Å². The Kier molecular flexibility index (Phi) is 4.91. The Hall–Kier alpha value is -4.38. The Morgan fingerprint density at radius 1 is 0.742 bits per heavy atom. The number of hydrogen-bond donors (Lipinski definition) is 1. The van der Waals surface area contributed by atoms with E-state index in [-0.39, 0.29) is 5.75 Å². The van der Waals surface area contributed by atoms with Crippen LogP contribution in [0, 0.1) is 0 Å². The van der Waals surface area contributed by atoms with Gasteiger partial charge in [-0.1, -0.05) is 42.5 Å². The molecule has 3 aromatic carbocycles. The summed E-state index contributed by atoms with van der Waals surface area (Å²) < 4.78 is 1.97. The van der Waals surface area contributed by atoms with Gasteiger partial charge in [0.1, 0.15) is 11.6 Å². The van der Waals surface area contributed by atoms with Gasteiger partial charge >= 0.3 is 0 Å². The molecule has 5 heteroatoms. The second-order valence-corrected chi connectivity index (χ2v) is 7.06. The average molecular weight is 404 g/mol. The highest BCUT2D eigenvalue weighted by Crippen LogP contribution is 2.36. The number of pyridine rings is 1. The normalized spacial score (nSPS) is 10.7. The number of benzene rings is 3. The number of aromatic hydroxyl groups is 1. The second-order valence-electron chi connectivity index (χ2n) is 7.06. The molecule has 1 N–H and O–H groups in total. The topological polar surface area (TPSA) is 54.2 Å². The van der Waals surface area contributed by atoms with Gasteiger partial charge in [-0.25, -0.2) is 9.97 Å². The Morgan fingerprint density at radius 3 is 2.32 bits per heavy atom. The lowest BCUT2D eigenvalue weighted by atomic mass is 10.1. The third-order valence-electron chi connectivity index (χ3n) is 5.05. The Labute approximate surface area is 180 Å². The van der Waals surface area contributed by atoms with Crippen LogP contribution in [-0.4, -0.2) is 19.6 Å². The predicted molar refractivity (Wildman–Crippen MR) is 123 cm³/mol. The maximum absolute atomic E-state index is 10.3. The number of nitrogens with zero attached hydrogens (tertiary/aromatic N) is 4. The molecule has 0 atom stereocenters. The maximum atomic E-state index is 10.3. The lowest BCUT2D eigenvalue weighted by Crippen LogP contribution is -2.12. The van der Waals surface area contributed by atoms with Gasteiger partial charge in [-0.15, -0.1) is 0 Å². The van der Waals surface area contributed by atoms with Crippen molar-refractivity contribution in [3.8, 4) is 22.7 Å². The number of imidazole rings is 1. The maximum Gasteiger partial charge on any atom is 0.138 e. The molecule has 0 aliphatic carbocycles. The van der Waals surface area contributed by atoms with E-state index in [0.29, 0.717) is 11.3 Å². The molecule has 0 radical (unpaired) electrons. The fourth-order valence-corrected chi connectivity index (χ4v) is 3.58. The van der Waals surface area contributed by atoms with Gasteiger partial charge in [0.2, 0.25) is 0 Å². The molecular weight excluding hydrogens is 384 g/mol. The number of para-hydroxylation sites is 2. The van der Waals surface area contributed by atoms with E-state index >= 15 is 0 Å². The van der Waals surface area contributed by atoms with Crippen molar-refractivity contribution < 1.29 is 5.11 Å². The fourth-order valence-electron chi connectivity index (χ4n) is 3.58. The van der Waals surface area contributed by atoms with E-state index in [1.807, 2.05) is 71.4 Å². The Balaban J connectivity index is 1.65. The van der Waals surface area contributed by atoms with Crippen molar-refractivity contribution in [3.05, 3.63) is 116 Å². The summed E-state index contributed by atoms with van der Waals surface area (Å²) in [5.41, 5.74) is 4.38. The Bertz CT molecular complexity index is 1300. The molecule has 0 aliphatic rings. The lowest BCUT2D eigenvalue weighted by molar-refractivity contribution is 0.477. The minimum absolute atomic E-state index is 0.209. The fraction of sp³-hybridized carbons (Fsp3) is 0. The first kappa shape index (κ1) is 18.6. The highest BCUT2D eigenvalue weighted by molar-refractivity contribution is 5.77. The summed E-state index contributed by atoms with van der Waals surface area (Å²) in [4.78, 5) is 11.2. The summed E-state index contributed by atoms with van der Waals surface area (Å²) in [6.07, 6.45) is 5.46. The highest BCUT2D eigenvalue weighted by atomic mass is 16.3. The molecule has 0 saturated carbocycles. The van der Waals surface area contributed by atoms with Crippen LogP contribution in [0.3, 0.4) is 0 Å². The monoisotopic (exact) mass is 404 g/mol. The van der Waals surface area contributed by atoms with E-state index in [9.17, 15) is 5.11 Å². The quantitative estimate of drug-likeness (QED) is 0.384. The van der Waals surface area contributed by atoms with Crippen molar-refractivity contribution in [1.82, 2.24) is 14.5 Å². The van der Waals surface area contributed by atoms with Crippen LogP contribution in [0.15, 0.2) is 116 Å². The number of rotatable bonds is 5. The molecule has 0 unspecified atom stereocenters. The molecule has 2 heterocycles. The van der Waals surface area contributed by atoms with Crippen molar-refractivity contribution in [2.45, 2.75) is 0 Å². The second kappa shape index (κ2) is 8.16. The van der Waals surface area contributed by atoms with Gasteiger partial charge in [0.05, 0.1) is 12.0 Å². The first-order chi connectivity index (χ1) is 15.3. The van der Waals surface area contributed by atoms with E-state index in [2.05, 4.69) is 34.1 Å². The molecule has 0 bridgehead atoms. The third kappa shape index (κ3) is 3.76. The van der Waals surface area contributed by atoms with Crippen molar-refractivity contribution in [1.29, 1.82) is 0 Å². The highest BCUT2D eigenvalue weighted by Gasteiger charge is 2.16. The van der Waals surface area contributed by atoms with Crippen LogP contribution in [0.25, 0.3) is 16.9 Å². The summed E-state index contributed by atoms with van der Waals surface area (Å²) in [6.45, 7) is 0. The molecule has 5 aromatic rings. The zero-order valence-electron chi connectivity index (χ0n) is 16.7. The molecule has 31 heavy (non-hydrogen) atoms. The van der Waals surface area contributed by atoms with E-state index in [1.54, 1.807) is 24.7 Å². The third-order valence-corrected chi connectivity index (χ3v) is 5.05. The van der Waals surface area contributed by atoms with E-state index in [1.165, 1.54) is 0 Å². The standard InChI is InChI=1S/C26H20N4O/c31-25-14-5-4-12-23(25)24-13-7-15-26(28-24)30(20-8-2-1-3-9-20)22-11-6-10-21(18-22)29-17-16-27-19-29/h1-19,31H. The van der Waals surface area contributed by atoms with Gasteiger partial charge in [-0.3, -0.25) is 4.90 Å². The van der Waals surface area contributed by atoms with E-state index in [4.69, 9.17) is 4.98 Å². The number of aromatic nitrogens is 3. The summed E-state index contributed by atoms with van der Waals surface area (Å²) in [5.74, 6) is 0.968. The minimum atomic E-state index is 0.209. The van der Waals surface area contributed by atoms with Gasteiger partial charge < -0.3 is 9.67 Å². The molecule has 0 fully saturated rings. The number of phenols is 1. The Morgan fingerprint density at radius 2 is 1.52 bits per heavy atom. The zero-order chi connectivity index (χ0) is 21.0. The van der Waals surface area contributed by atoms with Crippen LogP contribution in [0.1, 0.15) is 0 Å². The van der Waals surface area contributed by atoms with Crippen LogP contribution in [-0.2, 0) is 0 Å². The molecule has 0 spiro atoms. The van der Waals surface area contributed by atoms with Crippen LogP contribution in [0.4, 0.5) is 17.2 Å². The molecule has 0 amide bonds. The number of phenolic OH excluding ortho intramolecular Hbond substituents is 1. The lowest BCUT2D eigenvalue weighted by Gasteiger charge is -2.25. The van der Waals surface area contributed by atoms with Gasteiger partial charge in [0.15, 0.2) is 0 Å². The molecule has 0 saturated heterocycles. The summed E-state index contributed by atoms with van der Waals surface area (Å²) in [6, 6.07) is 31.4. The first-order valence-electron chi connectivity index (χ1n) is 9.98. The summed E-state index contributed by atoms with van der Waals surface area (Å²) in [5, 5.41) is 10.3. The van der Waals surface area contributed by atoms with Crippen molar-refractivity contribution >= 4 is 17.2 Å². The van der Waals surface area contributed by atoms with Gasteiger partial charge in [0, 0.05) is 35.0 Å². The van der Waals surface area contributed by atoms with Gasteiger partial charge in [0.25, 0.3) is 0 Å². The summed E-state index contributed by atoms with van der Waals surface area (Å²) >= 11 is 0. The van der Waals surface area contributed by atoms with Crippen molar-refractivity contribution in [3.63, 3.8) is 0 Å². The van der Waals surface area contributed by atoms with Crippen LogP contribution < -0.4 is 4.90 Å². The molecule has 5 rings (SSSR count). The average Bonchev–Trinajstić information content (AvgIpc) is 3.36. The molecule has 5 nitrogen and oxygen atoms in total. The van der Waals surface area contributed by atoms with Crippen LogP contribution >= 0.6 is 0 Å². The number of hydrogen-bond acceptors (Lipinski definition) is 4. The first-order valence-corrected chi connectivity index (χ1v) is 9.98. The predicted octanol–water partition coefficient (Wildman–Crippen LogP) is 6.11. The van der Waals surface area contributed by atoms with Crippen molar-refractivity contribution in [2.75, 3.05) is 4.90 Å². The van der Waals surface area contributed by atoms with E-state index < -0.39 is 0 Å². The van der Waals surface area contributed by atoms with Crippen LogP contribution in [0.2, 0.25) is 0 Å². The van der Waals surface area contributed by atoms with E-state index in [0.717, 1.165) is 22.9 Å². The summed E-state index contributed by atoms with van der Waals surface area (Å²) in [7, 11) is 0.